The van der Waals surface area contributed by atoms with E-state index in [0.29, 0.717) is 22.8 Å². The zero-order chi connectivity index (χ0) is 16.4. The Morgan fingerprint density at radius 2 is 1.61 bits per heavy atom. The zero-order valence-corrected chi connectivity index (χ0v) is 12.7. The van der Waals surface area contributed by atoms with Gasteiger partial charge in [0.15, 0.2) is 0 Å². The Hall–Kier alpha value is -3.02. The smallest absolute Gasteiger partial charge is 0.258 e. The van der Waals surface area contributed by atoms with Crippen molar-refractivity contribution in [2.45, 2.75) is 0 Å². The van der Waals surface area contributed by atoms with Crippen LogP contribution in [-0.4, -0.2) is 35.0 Å². The van der Waals surface area contributed by atoms with Crippen LogP contribution in [0.1, 0.15) is 10.4 Å². The third kappa shape index (κ3) is 3.11. The van der Waals surface area contributed by atoms with E-state index in [1.807, 2.05) is 0 Å². The molecule has 3 rings (SSSR count). The van der Waals surface area contributed by atoms with Gasteiger partial charge in [-0.1, -0.05) is 17.3 Å². The highest BCUT2D eigenvalue weighted by molar-refractivity contribution is 5.94. The summed E-state index contributed by atoms with van der Waals surface area (Å²) in [6, 6.07) is 12.8. The Bertz CT molecular complexity index is 824. The van der Waals surface area contributed by atoms with Crippen molar-refractivity contribution in [3.05, 3.63) is 59.9 Å². The molecule has 0 fully saturated rings. The SMILES string of the molecule is CN(C)C(=O)c1ccc(-c2noc(-c3ccc(F)cc3)n2)cc1. The second-order valence-electron chi connectivity index (χ2n) is 5.21. The molecule has 0 saturated carbocycles. The van der Waals surface area contributed by atoms with Crippen molar-refractivity contribution in [2.75, 3.05) is 14.1 Å². The summed E-state index contributed by atoms with van der Waals surface area (Å²) in [6.07, 6.45) is 0. The molecule has 0 saturated heterocycles. The molecule has 1 heterocycles. The lowest BCUT2D eigenvalue weighted by molar-refractivity contribution is 0.0827. The molecule has 0 aliphatic rings. The Morgan fingerprint density at radius 3 is 2.22 bits per heavy atom. The molecule has 2 aromatic carbocycles. The van der Waals surface area contributed by atoms with Crippen molar-refractivity contribution >= 4 is 5.91 Å². The van der Waals surface area contributed by atoms with Crippen LogP contribution in [0.2, 0.25) is 0 Å². The molecule has 0 unspecified atom stereocenters. The fraction of sp³-hybridized carbons (Fsp3) is 0.118. The quantitative estimate of drug-likeness (QED) is 0.745. The van der Waals surface area contributed by atoms with Crippen LogP contribution in [0.25, 0.3) is 22.8 Å². The van der Waals surface area contributed by atoms with Crippen molar-refractivity contribution in [2.24, 2.45) is 0 Å². The summed E-state index contributed by atoms with van der Waals surface area (Å²) in [5, 5.41) is 3.92. The van der Waals surface area contributed by atoms with E-state index in [0.717, 1.165) is 5.56 Å². The fourth-order valence-electron chi connectivity index (χ4n) is 2.07. The lowest BCUT2D eigenvalue weighted by Crippen LogP contribution is -2.21. The molecule has 0 aliphatic heterocycles. The van der Waals surface area contributed by atoms with E-state index in [1.54, 1.807) is 50.5 Å². The molecule has 0 atom stereocenters. The van der Waals surface area contributed by atoms with Crippen molar-refractivity contribution in [1.29, 1.82) is 0 Å². The molecular formula is C17H14FN3O2. The van der Waals surface area contributed by atoms with Crippen LogP contribution in [-0.2, 0) is 0 Å². The summed E-state index contributed by atoms with van der Waals surface area (Å²) in [6.45, 7) is 0. The van der Waals surface area contributed by atoms with E-state index in [4.69, 9.17) is 4.52 Å². The number of amides is 1. The van der Waals surface area contributed by atoms with Gasteiger partial charge in [-0.3, -0.25) is 4.79 Å². The van der Waals surface area contributed by atoms with Gasteiger partial charge in [0.05, 0.1) is 0 Å². The number of carbonyl (C=O) groups is 1. The van der Waals surface area contributed by atoms with Crippen molar-refractivity contribution < 1.29 is 13.7 Å². The Balaban J connectivity index is 1.85. The number of aromatic nitrogens is 2. The molecule has 0 spiro atoms. The van der Waals surface area contributed by atoms with E-state index in [1.165, 1.54) is 17.0 Å². The second kappa shape index (κ2) is 6.00. The van der Waals surface area contributed by atoms with E-state index < -0.39 is 0 Å². The lowest BCUT2D eigenvalue weighted by Gasteiger charge is -2.09. The molecule has 1 amide bonds. The third-order valence-electron chi connectivity index (χ3n) is 3.31. The molecule has 5 nitrogen and oxygen atoms in total. The number of hydrogen-bond donors (Lipinski definition) is 0. The minimum absolute atomic E-state index is 0.0725. The maximum atomic E-state index is 12.9. The summed E-state index contributed by atoms with van der Waals surface area (Å²) >= 11 is 0. The maximum absolute atomic E-state index is 12.9. The minimum atomic E-state index is -0.324. The van der Waals surface area contributed by atoms with Crippen LogP contribution in [0.3, 0.4) is 0 Å². The molecule has 0 bridgehead atoms. The summed E-state index contributed by atoms with van der Waals surface area (Å²) in [4.78, 5) is 17.7. The van der Waals surface area contributed by atoms with Crippen LogP contribution in [0.4, 0.5) is 4.39 Å². The highest BCUT2D eigenvalue weighted by atomic mass is 19.1. The molecular weight excluding hydrogens is 297 g/mol. The average molecular weight is 311 g/mol. The van der Waals surface area contributed by atoms with E-state index in [9.17, 15) is 9.18 Å². The summed E-state index contributed by atoms with van der Waals surface area (Å²) in [5.41, 5.74) is 1.96. The largest absolute Gasteiger partial charge is 0.345 e. The molecule has 116 valence electrons. The van der Waals surface area contributed by atoms with Gasteiger partial charge in [0, 0.05) is 30.8 Å². The van der Waals surface area contributed by atoms with Crippen molar-refractivity contribution in [1.82, 2.24) is 15.0 Å². The molecule has 0 aliphatic carbocycles. The molecule has 0 radical (unpaired) electrons. The standard InChI is InChI=1S/C17H14FN3O2/c1-21(2)17(22)13-5-3-11(4-6-13)15-19-16(23-20-15)12-7-9-14(18)10-8-12/h3-10H,1-2H3. The van der Waals surface area contributed by atoms with Gasteiger partial charge >= 0.3 is 0 Å². The van der Waals surface area contributed by atoms with Crippen molar-refractivity contribution in [3.8, 4) is 22.8 Å². The third-order valence-corrected chi connectivity index (χ3v) is 3.31. The van der Waals surface area contributed by atoms with E-state index in [2.05, 4.69) is 10.1 Å². The summed E-state index contributed by atoms with van der Waals surface area (Å²) in [7, 11) is 3.40. The Morgan fingerprint density at radius 1 is 1.00 bits per heavy atom. The number of rotatable bonds is 3. The summed E-state index contributed by atoms with van der Waals surface area (Å²) in [5.74, 6) is 0.327. The fourth-order valence-corrected chi connectivity index (χ4v) is 2.07. The first-order valence-electron chi connectivity index (χ1n) is 6.96. The highest BCUT2D eigenvalue weighted by Crippen LogP contribution is 2.22. The van der Waals surface area contributed by atoms with Crippen molar-refractivity contribution in [3.63, 3.8) is 0 Å². The number of hydrogen-bond acceptors (Lipinski definition) is 4. The Kier molecular flexibility index (Phi) is 3.89. The first kappa shape index (κ1) is 14.9. The van der Waals surface area contributed by atoms with Gasteiger partial charge < -0.3 is 9.42 Å². The predicted octanol–water partition coefficient (Wildman–Crippen LogP) is 3.24. The van der Waals surface area contributed by atoms with E-state index in [-0.39, 0.29) is 11.7 Å². The topological polar surface area (TPSA) is 59.2 Å². The van der Waals surface area contributed by atoms with Gasteiger partial charge in [-0.25, -0.2) is 4.39 Å². The molecule has 6 heteroatoms. The van der Waals surface area contributed by atoms with E-state index >= 15 is 0 Å². The predicted molar refractivity (Wildman–Crippen MR) is 83.1 cm³/mol. The van der Waals surface area contributed by atoms with Crippen LogP contribution in [0.5, 0.6) is 0 Å². The van der Waals surface area contributed by atoms with Crippen LogP contribution in [0.15, 0.2) is 53.1 Å². The maximum Gasteiger partial charge on any atom is 0.258 e. The van der Waals surface area contributed by atoms with Gasteiger partial charge in [-0.05, 0) is 36.4 Å². The molecule has 23 heavy (non-hydrogen) atoms. The number of halogens is 1. The minimum Gasteiger partial charge on any atom is -0.345 e. The monoisotopic (exact) mass is 311 g/mol. The first-order chi connectivity index (χ1) is 11.0. The summed E-state index contributed by atoms with van der Waals surface area (Å²) < 4.78 is 18.1. The zero-order valence-electron chi connectivity index (χ0n) is 12.7. The van der Waals surface area contributed by atoms with Gasteiger partial charge in [0.1, 0.15) is 5.82 Å². The van der Waals surface area contributed by atoms with Crippen LogP contribution < -0.4 is 0 Å². The van der Waals surface area contributed by atoms with Gasteiger partial charge in [0.2, 0.25) is 5.82 Å². The average Bonchev–Trinajstić information content (AvgIpc) is 3.05. The second-order valence-corrected chi connectivity index (χ2v) is 5.21. The lowest BCUT2D eigenvalue weighted by atomic mass is 10.1. The highest BCUT2D eigenvalue weighted by Gasteiger charge is 2.12. The van der Waals surface area contributed by atoms with Gasteiger partial charge in [-0.2, -0.15) is 4.98 Å². The van der Waals surface area contributed by atoms with Crippen LogP contribution >= 0.6 is 0 Å². The molecule has 0 N–H and O–H groups in total. The number of carbonyl (C=O) groups excluding carboxylic acids is 1. The number of nitrogens with zero attached hydrogens (tertiary/aromatic N) is 3. The molecule has 3 aromatic rings. The Labute approximate surface area is 132 Å². The normalized spacial score (nSPS) is 10.6. The first-order valence-corrected chi connectivity index (χ1v) is 6.96. The van der Waals surface area contributed by atoms with Gasteiger partial charge in [0.25, 0.3) is 11.8 Å². The van der Waals surface area contributed by atoms with Gasteiger partial charge in [-0.15, -0.1) is 0 Å². The number of benzene rings is 2. The van der Waals surface area contributed by atoms with Crippen LogP contribution in [0, 0.1) is 5.82 Å². The molecule has 1 aromatic heterocycles.